The van der Waals surface area contributed by atoms with Crippen molar-refractivity contribution in [1.29, 1.82) is 0 Å². The number of hydrogen-bond acceptors (Lipinski definition) is 1. The molecular formula is C11H11F4N. The lowest BCUT2D eigenvalue weighted by Crippen LogP contribution is -2.07. The monoisotopic (exact) mass is 233 g/mol. The van der Waals surface area contributed by atoms with Gasteiger partial charge in [0, 0.05) is 0 Å². The minimum absolute atomic E-state index is 0.388. The van der Waals surface area contributed by atoms with E-state index in [4.69, 9.17) is 5.73 Å². The Morgan fingerprint density at radius 3 is 2.44 bits per heavy atom. The van der Waals surface area contributed by atoms with E-state index in [9.17, 15) is 17.6 Å². The highest BCUT2D eigenvalue weighted by Crippen LogP contribution is 2.31. The summed E-state index contributed by atoms with van der Waals surface area (Å²) in [5.41, 5.74) is 4.37. The maximum absolute atomic E-state index is 13.1. The van der Waals surface area contributed by atoms with Crippen molar-refractivity contribution in [3.05, 3.63) is 41.2 Å². The first kappa shape index (κ1) is 12.7. The topological polar surface area (TPSA) is 26.0 Å². The molecule has 2 N–H and O–H groups in total. The van der Waals surface area contributed by atoms with E-state index >= 15 is 0 Å². The molecule has 0 atom stereocenters. The van der Waals surface area contributed by atoms with E-state index in [1.807, 2.05) is 0 Å². The first-order valence-electron chi connectivity index (χ1n) is 4.68. The molecule has 5 heteroatoms. The fourth-order valence-corrected chi connectivity index (χ4v) is 1.18. The van der Waals surface area contributed by atoms with Crippen molar-refractivity contribution < 1.29 is 17.6 Å². The summed E-state index contributed by atoms with van der Waals surface area (Å²) in [5.74, 6) is -1.26. The molecule has 0 saturated carbocycles. The van der Waals surface area contributed by atoms with Crippen LogP contribution in [0.1, 0.15) is 17.5 Å². The maximum Gasteiger partial charge on any atom is 0.419 e. The van der Waals surface area contributed by atoms with Crippen molar-refractivity contribution in [2.24, 2.45) is 5.73 Å². The fourth-order valence-electron chi connectivity index (χ4n) is 1.18. The summed E-state index contributed by atoms with van der Waals surface area (Å²) in [6, 6.07) is 2.81. The van der Waals surface area contributed by atoms with Crippen molar-refractivity contribution in [3.8, 4) is 0 Å². The number of alkyl halides is 3. The van der Waals surface area contributed by atoms with Gasteiger partial charge in [-0.05, 0) is 30.7 Å². The predicted octanol–water partition coefficient (Wildman–Crippen LogP) is 3.21. The van der Waals surface area contributed by atoms with E-state index in [0.717, 1.165) is 12.1 Å². The Balaban J connectivity index is 2.91. The second kappa shape index (κ2) is 5.12. The molecule has 1 aromatic rings. The quantitative estimate of drug-likeness (QED) is 0.797. The van der Waals surface area contributed by atoms with E-state index in [1.165, 1.54) is 12.1 Å². The molecule has 0 bridgehead atoms. The molecule has 0 amide bonds. The molecule has 1 nitrogen and oxygen atoms in total. The van der Waals surface area contributed by atoms with Crippen molar-refractivity contribution in [2.75, 3.05) is 6.54 Å². The number of rotatable bonds is 3. The molecule has 1 aromatic carbocycles. The Morgan fingerprint density at radius 1 is 1.25 bits per heavy atom. The highest BCUT2D eigenvalue weighted by Gasteiger charge is 2.33. The lowest BCUT2D eigenvalue weighted by molar-refractivity contribution is -0.140. The van der Waals surface area contributed by atoms with Gasteiger partial charge in [0.05, 0.1) is 5.56 Å². The first-order chi connectivity index (χ1) is 7.45. The van der Waals surface area contributed by atoms with Gasteiger partial charge in [-0.1, -0.05) is 18.2 Å². The molecule has 0 aliphatic carbocycles. The lowest BCUT2D eigenvalue weighted by Gasteiger charge is -2.07. The van der Waals surface area contributed by atoms with Crippen molar-refractivity contribution >= 4 is 6.08 Å². The summed E-state index contributed by atoms with van der Waals surface area (Å²) in [6.07, 6.45) is -0.829. The van der Waals surface area contributed by atoms with Gasteiger partial charge in [0.15, 0.2) is 0 Å². The molecule has 0 fully saturated rings. The van der Waals surface area contributed by atoms with Crippen LogP contribution in [0.4, 0.5) is 17.6 Å². The van der Waals surface area contributed by atoms with Gasteiger partial charge in [-0.3, -0.25) is 0 Å². The van der Waals surface area contributed by atoms with Crippen LogP contribution in [0.15, 0.2) is 24.3 Å². The second-order valence-electron chi connectivity index (χ2n) is 3.22. The van der Waals surface area contributed by atoms with Gasteiger partial charge in [0.2, 0.25) is 0 Å². The van der Waals surface area contributed by atoms with Crippen LogP contribution in [0, 0.1) is 5.82 Å². The lowest BCUT2D eigenvalue weighted by atomic mass is 10.1. The summed E-state index contributed by atoms with van der Waals surface area (Å²) < 4.78 is 49.7. The number of hydrogen-bond donors (Lipinski definition) is 1. The minimum Gasteiger partial charge on any atom is -0.330 e. The number of nitrogens with two attached hydrogens (primary N) is 1. The maximum atomic E-state index is 13.1. The van der Waals surface area contributed by atoms with Crippen LogP contribution < -0.4 is 5.73 Å². The smallest absolute Gasteiger partial charge is 0.330 e. The highest BCUT2D eigenvalue weighted by molar-refractivity contribution is 5.50. The average molecular weight is 233 g/mol. The van der Waals surface area contributed by atoms with Gasteiger partial charge in [0.1, 0.15) is 5.82 Å². The Kier molecular flexibility index (Phi) is 4.06. The Bertz CT molecular complexity index is 382. The molecule has 0 saturated heterocycles. The third-order valence-corrected chi connectivity index (χ3v) is 1.94. The summed E-state index contributed by atoms with van der Waals surface area (Å²) >= 11 is 0. The van der Waals surface area contributed by atoms with E-state index < -0.39 is 17.6 Å². The summed E-state index contributed by atoms with van der Waals surface area (Å²) in [5, 5.41) is 0. The van der Waals surface area contributed by atoms with E-state index in [0.29, 0.717) is 18.5 Å². The molecule has 0 aliphatic rings. The minimum atomic E-state index is -4.65. The normalized spacial score (nSPS) is 12.3. The zero-order valence-corrected chi connectivity index (χ0v) is 8.39. The standard InChI is InChI=1S/C11H11F4N/c12-10-7-8(3-1-2-6-16)4-5-9(10)11(13,14)15/h1,3-5,7H,2,6,16H2. The van der Waals surface area contributed by atoms with Gasteiger partial charge >= 0.3 is 6.18 Å². The van der Waals surface area contributed by atoms with Gasteiger partial charge in [-0.2, -0.15) is 13.2 Å². The Hall–Kier alpha value is -1.36. The third kappa shape index (κ3) is 3.34. The zero-order chi connectivity index (χ0) is 12.2. The molecule has 0 aliphatic heterocycles. The average Bonchev–Trinajstić information content (AvgIpc) is 2.16. The first-order valence-corrected chi connectivity index (χ1v) is 4.68. The van der Waals surface area contributed by atoms with E-state index in [1.54, 1.807) is 6.08 Å². The molecule has 0 radical (unpaired) electrons. The van der Waals surface area contributed by atoms with Crippen LogP contribution in [-0.2, 0) is 6.18 Å². The molecule has 88 valence electrons. The van der Waals surface area contributed by atoms with Crippen molar-refractivity contribution in [3.63, 3.8) is 0 Å². The molecule has 0 aromatic heterocycles. The van der Waals surface area contributed by atoms with Crippen molar-refractivity contribution in [1.82, 2.24) is 0 Å². The second-order valence-corrected chi connectivity index (χ2v) is 3.22. The molecule has 1 rings (SSSR count). The van der Waals surface area contributed by atoms with Crippen molar-refractivity contribution in [2.45, 2.75) is 12.6 Å². The van der Waals surface area contributed by atoms with Gasteiger partial charge in [0.25, 0.3) is 0 Å². The predicted molar refractivity (Wildman–Crippen MR) is 54.1 cm³/mol. The number of benzene rings is 1. The molecule has 0 unspecified atom stereocenters. The highest BCUT2D eigenvalue weighted by atomic mass is 19.4. The van der Waals surface area contributed by atoms with Crippen LogP contribution in [0.5, 0.6) is 0 Å². The SMILES string of the molecule is NCCC=Cc1ccc(C(F)(F)F)c(F)c1. The fraction of sp³-hybridized carbons (Fsp3) is 0.273. The molecule has 0 heterocycles. The summed E-state index contributed by atoms with van der Waals surface area (Å²) in [7, 11) is 0. The van der Waals surface area contributed by atoms with Gasteiger partial charge in [-0.15, -0.1) is 0 Å². The van der Waals surface area contributed by atoms with E-state index in [2.05, 4.69) is 0 Å². The van der Waals surface area contributed by atoms with Gasteiger partial charge in [-0.25, -0.2) is 4.39 Å². The van der Waals surface area contributed by atoms with Crippen LogP contribution in [0.3, 0.4) is 0 Å². The van der Waals surface area contributed by atoms with Gasteiger partial charge < -0.3 is 5.73 Å². The number of halogens is 4. The Labute approximate surface area is 90.6 Å². The summed E-state index contributed by atoms with van der Waals surface area (Å²) in [4.78, 5) is 0. The van der Waals surface area contributed by atoms with Crippen LogP contribution in [0.25, 0.3) is 6.08 Å². The molecule has 16 heavy (non-hydrogen) atoms. The van der Waals surface area contributed by atoms with Crippen LogP contribution in [0.2, 0.25) is 0 Å². The largest absolute Gasteiger partial charge is 0.419 e. The zero-order valence-electron chi connectivity index (χ0n) is 8.39. The molecular weight excluding hydrogens is 222 g/mol. The van der Waals surface area contributed by atoms with E-state index in [-0.39, 0.29) is 0 Å². The summed E-state index contributed by atoms with van der Waals surface area (Å²) in [6.45, 7) is 0.444. The molecule has 0 spiro atoms. The Morgan fingerprint density at radius 2 is 1.94 bits per heavy atom. The third-order valence-electron chi connectivity index (χ3n) is 1.94. The van der Waals surface area contributed by atoms with Crippen LogP contribution in [-0.4, -0.2) is 6.54 Å². The van der Waals surface area contributed by atoms with Crippen LogP contribution >= 0.6 is 0 Å².